The first-order chi connectivity index (χ1) is 10.2. The second kappa shape index (κ2) is 7.76. The maximum atomic E-state index is 14.3. The Morgan fingerprint density at radius 3 is 2.71 bits per heavy atom. The lowest BCUT2D eigenvalue weighted by atomic mass is 9.98. The van der Waals surface area contributed by atoms with Crippen LogP contribution in [0.2, 0.25) is 0 Å². The number of rotatable bonds is 6. The second-order valence-electron chi connectivity index (χ2n) is 5.88. The predicted octanol–water partition coefficient (Wildman–Crippen LogP) is 2.88. The molecule has 3 nitrogen and oxygen atoms in total. The van der Waals surface area contributed by atoms with E-state index in [1.165, 1.54) is 0 Å². The van der Waals surface area contributed by atoms with Crippen LogP contribution in [0.15, 0.2) is 18.2 Å². The smallest absolute Gasteiger partial charge is 0.146 e. The maximum Gasteiger partial charge on any atom is 0.146 e. The Kier molecular flexibility index (Phi) is 6.00. The van der Waals surface area contributed by atoms with Gasteiger partial charge in [-0.05, 0) is 56.8 Å². The number of halogens is 1. The molecule has 0 bridgehead atoms. The highest BCUT2D eigenvalue weighted by Crippen LogP contribution is 2.23. The highest BCUT2D eigenvalue weighted by molar-refractivity contribution is 5.49. The van der Waals surface area contributed by atoms with Crippen molar-refractivity contribution in [3.63, 3.8) is 0 Å². The van der Waals surface area contributed by atoms with E-state index in [0.29, 0.717) is 11.6 Å². The number of benzene rings is 1. The fraction of sp³-hybridized carbons (Fsp3) is 0.647. The quantitative estimate of drug-likeness (QED) is 0.874. The van der Waals surface area contributed by atoms with Crippen LogP contribution in [0.1, 0.15) is 32.3 Å². The van der Waals surface area contributed by atoms with E-state index in [-0.39, 0.29) is 12.4 Å². The highest BCUT2D eigenvalue weighted by atomic mass is 19.1. The highest BCUT2D eigenvalue weighted by Gasteiger charge is 2.19. The molecule has 1 atom stereocenters. The Morgan fingerprint density at radius 2 is 2.10 bits per heavy atom. The predicted molar refractivity (Wildman–Crippen MR) is 85.0 cm³/mol. The molecular weight excluding hydrogens is 267 g/mol. The number of anilines is 1. The summed E-state index contributed by atoms with van der Waals surface area (Å²) in [5.41, 5.74) is 1.71. The molecule has 1 fully saturated rings. The zero-order valence-corrected chi connectivity index (χ0v) is 13.2. The molecule has 0 saturated carbocycles. The molecule has 1 aromatic rings. The van der Waals surface area contributed by atoms with Crippen molar-refractivity contribution in [2.45, 2.75) is 33.2 Å². The maximum absolute atomic E-state index is 14.3. The summed E-state index contributed by atoms with van der Waals surface area (Å²) in [6, 6.07) is 5.58. The summed E-state index contributed by atoms with van der Waals surface area (Å²) in [5, 5.41) is 9.28. The molecule has 1 heterocycles. The van der Waals surface area contributed by atoms with Crippen molar-refractivity contribution in [2.75, 3.05) is 37.7 Å². The lowest BCUT2D eigenvalue weighted by Crippen LogP contribution is -2.36. The lowest BCUT2D eigenvalue weighted by Gasteiger charge is -2.32. The Hall–Kier alpha value is -1.13. The average molecular weight is 294 g/mol. The van der Waals surface area contributed by atoms with Crippen molar-refractivity contribution in [1.82, 2.24) is 4.90 Å². The fourth-order valence-corrected chi connectivity index (χ4v) is 3.17. The van der Waals surface area contributed by atoms with Crippen LogP contribution >= 0.6 is 0 Å². The molecule has 0 radical (unpaired) electrons. The summed E-state index contributed by atoms with van der Waals surface area (Å²) in [7, 11) is 0. The minimum atomic E-state index is -0.132. The van der Waals surface area contributed by atoms with Gasteiger partial charge in [-0.15, -0.1) is 0 Å². The van der Waals surface area contributed by atoms with E-state index in [2.05, 4.69) is 4.90 Å². The SMILES string of the molecule is CCN(CC)c1ccc(CN2CCCC(CO)C2)cc1F. The van der Waals surface area contributed by atoms with Crippen molar-refractivity contribution < 1.29 is 9.50 Å². The lowest BCUT2D eigenvalue weighted by molar-refractivity contribution is 0.116. The van der Waals surface area contributed by atoms with E-state index in [1.54, 1.807) is 6.07 Å². The largest absolute Gasteiger partial charge is 0.396 e. The molecule has 0 amide bonds. The van der Waals surface area contributed by atoms with Gasteiger partial charge < -0.3 is 10.0 Å². The standard InChI is InChI=1S/C17H27FN2O/c1-3-20(4-2)17-8-7-14(10-16(17)18)11-19-9-5-6-15(12-19)13-21/h7-8,10,15,21H,3-6,9,11-13H2,1-2H3. The van der Waals surface area contributed by atoms with Crippen molar-refractivity contribution in [3.05, 3.63) is 29.6 Å². The minimum Gasteiger partial charge on any atom is -0.396 e. The molecule has 21 heavy (non-hydrogen) atoms. The van der Waals surface area contributed by atoms with Gasteiger partial charge in [-0.2, -0.15) is 0 Å². The number of likely N-dealkylation sites (tertiary alicyclic amines) is 1. The molecule has 2 rings (SSSR count). The summed E-state index contributed by atoms with van der Waals surface area (Å²) in [6.45, 7) is 8.69. The number of nitrogens with zero attached hydrogens (tertiary/aromatic N) is 2. The average Bonchev–Trinajstić information content (AvgIpc) is 2.50. The molecule has 0 spiro atoms. The second-order valence-corrected chi connectivity index (χ2v) is 5.88. The molecule has 1 aliphatic heterocycles. The Balaban J connectivity index is 2.03. The fourth-order valence-electron chi connectivity index (χ4n) is 3.17. The van der Waals surface area contributed by atoms with E-state index in [4.69, 9.17) is 0 Å². The van der Waals surface area contributed by atoms with Crippen LogP contribution in [0.3, 0.4) is 0 Å². The topological polar surface area (TPSA) is 26.7 Å². The van der Waals surface area contributed by atoms with Gasteiger partial charge in [-0.3, -0.25) is 4.90 Å². The number of aliphatic hydroxyl groups is 1. The molecular formula is C17H27FN2O. The van der Waals surface area contributed by atoms with E-state index in [9.17, 15) is 9.50 Å². The summed E-state index contributed by atoms with van der Waals surface area (Å²) in [4.78, 5) is 4.35. The zero-order valence-electron chi connectivity index (χ0n) is 13.2. The Morgan fingerprint density at radius 1 is 1.33 bits per heavy atom. The van der Waals surface area contributed by atoms with E-state index in [0.717, 1.165) is 51.1 Å². The van der Waals surface area contributed by atoms with Crippen molar-refractivity contribution >= 4 is 5.69 Å². The first-order valence-corrected chi connectivity index (χ1v) is 8.04. The van der Waals surface area contributed by atoms with Crippen molar-refractivity contribution in [2.24, 2.45) is 5.92 Å². The molecule has 118 valence electrons. The van der Waals surface area contributed by atoms with Gasteiger partial charge in [0.25, 0.3) is 0 Å². The van der Waals surface area contributed by atoms with Gasteiger partial charge in [0.05, 0.1) is 5.69 Å². The van der Waals surface area contributed by atoms with E-state index in [1.807, 2.05) is 30.9 Å². The molecule has 1 aromatic carbocycles. The molecule has 1 unspecified atom stereocenters. The summed E-state index contributed by atoms with van der Waals surface area (Å²) in [6.07, 6.45) is 2.22. The summed E-state index contributed by atoms with van der Waals surface area (Å²) in [5.74, 6) is 0.241. The monoisotopic (exact) mass is 294 g/mol. The van der Waals surface area contributed by atoms with Crippen LogP contribution in [0.5, 0.6) is 0 Å². The van der Waals surface area contributed by atoms with Crippen LogP contribution in [0, 0.1) is 11.7 Å². The molecule has 0 aliphatic carbocycles. The zero-order chi connectivity index (χ0) is 15.2. The van der Waals surface area contributed by atoms with Gasteiger partial charge >= 0.3 is 0 Å². The minimum absolute atomic E-state index is 0.132. The number of piperidine rings is 1. The summed E-state index contributed by atoms with van der Waals surface area (Å²) < 4.78 is 14.3. The number of hydrogen-bond donors (Lipinski definition) is 1. The van der Waals surface area contributed by atoms with Crippen LogP contribution in [-0.2, 0) is 6.54 Å². The normalized spacial score (nSPS) is 19.7. The van der Waals surface area contributed by atoms with Crippen molar-refractivity contribution in [1.29, 1.82) is 0 Å². The summed E-state index contributed by atoms with van der Waals surface area (Å²) >= 11 is 0. The molecule has 4 heteroatoms. The van der Waals surface area contributed by atoms with Crippen LogP contribution in [0.25, 0.3) is 0 Å². The number of hydrogen-bond acceptors (Lipinski definition) is 3. The van der Waals surface area contributed by atoms with Gasteiger partial charge in [0.15, 0.2) is 0 Å². The van der Waals surface area contributed by atoms with Gasteiger partial charge in [0, 0.05) is 32.8 Å². The third kappa shape index (κ3) is 4.17. The Labute approximate surface area is 127 Å². The van der Waals surface area contributed by atoms with Gasteiger partial charge in [-0.1, -0.05) is 6.07 Å². The van der Waals surface area contributed by atoms with Crippen molar-refractivity contribution in [3.8, 4) is 0 Å². The third-order valence-corrected chi connectivity index (χ3v) is 4.38. The first kappa shape index (κ1) is 16.2. The molecule has 1 saturated heterocycles. The Bertz CT molecular complexity index is 448. The van der Waals surface area contributed by atoms with E-state index >= 15 is 0 Å². The molecule has 1 aliphatic rings. The van der Waals surface area contributed by atoms with Crippen LogP contribution in [-0.4, -0.2) is 42.8 Å². The van der Waals surface area contributed by atoms with Gasteiger partial charge in [0.1, 0.15) is 5.82 Å². The van der Waals surface area contributed by atoms with Gasteiger partial charge in [0.2, 0.25) is 0 Å². The van der Waals surface area contributed by atoms with E-state index < -0.39 is 0 Å². The number of aliphatic hydroxyl groups excluding tert-OH is 1. The van der Waals surface area contributed by atoms with Crippen LogP contribution in [0.4, 0.5) is 10.1 Å². The molecule has 0 aromatic heterocycles. The van der Waals surface area contributed by atoms with Gasteiger partial charge in [-0.25, -0.2) is 4.39 Å². The molecule has 1 N–H and O–H groups in total. The first-order valence-electron chi connectivity index (χ1n) is 8.04. The van der Waals surface area contributed by atoms with Crippen LogP contribution < -0.4 is 4.90 Å². The third-order valence-electron chi connectivity index (χ3n) is 4.38.